The molecule has 13 rings (SSSR count). The highest BCUT2D eigenvalue weighted by Crippen LogP contribution is 2.42. The molecule has 0 unspecified atom stereocenters. The van der Waals surface area contributed by atoms with E-state index in [0.29, 0.717) is 11.0 Å². The molecule has 0 aliphatic rings. The van der Waals surface area contributed by atoms with Crippen LogP contribution in [-0.2, 0) is 0 Å². The van der Waals surface area contributed by atoms with Crippen molar-refractivity contribution in [3.8, 4) is 79.7 Å². The van der Waals surface area contributed by atoms with Gasteiger partial charge in [-0.2, -0.15) is 0 Å². The maximum atomic E-state index is 9.11. The molecule has 68 heavy (non-hydrogen) atoms. The van der Waals surface area contributed by atoms with Gasteiger partial charge >= 0.3 is 0 Å². The summed E-state index contributed by atoms with van der Waals surface area (Å²) in [5.41, 5.74) is 1.87. The zero-order valence-electron chi connectivity index (χ0n) is 55.0. The van der Waals surface area contributed by atoms with Gasteiger partial charge in [0, 0.05) is 60.6 Å². The Morgan fingerprint density at radius 1 is 0.294 bits per heavy atom. The Balaban J connectivity index is 1.20. The van der Waals surface area contributed by atoms with Crippen molar-refractivity contribution < 1.29 is 27.4 Å². The standard InChI is InChI=1S/C60H38N8/c1-6-20-39(21-7-1)55-61-56(40-22-8-2-9-23-40)64-59(63-55)43-34-35-52(49(36-43)60-65-57(41-24-10-3-11-25-41)62-58(66-60)42-26-12-4-13-27-42)68-51-33-19-17-31-46(51)48-37-47-45-30-16-18-32-50(45)67(53(47)38-54(48)68)44-28-14-5-15-29-44/h1-38H/i1D,2D,3D,4D,6D,7D,8D,9D,10D,11D,12D,13D,20D,21D,22D,23D,24D,25D,26D,27D. The van der Waals surface area contributed by atoms with E-state index in [2.05, 4.69) is 30.6 Å². The van der Waals surface area contributed by atoms with Crippen LogP contribution in [0.1, 0.15) is 27.4 Å². The lowest BCUT2D eigenvalue weighted by molar-refractivity contribution is 1.06. The number of rotatable bonds is 8. The molecule has 0 radical (unpaired) electrons. The van der Waals surface area contributed by atoms with Gasteiger partial charge in [-0.15, -0.1) is 0 Å². The molecule has 0 N–H and O–H groups in total. The van der Waals surface area contributed by atoms with Crippen LogP contribution in [0.2, 0.25) is 0 Å². The molecule has 4 heterocycles. The number of para-hydroxylation sites is 3. The normalized spacial score (nSPS) is 15.6. The van der Waals surface area contributed by atoms with E-state index in [1.807, 2.05) is 89.5 Å². The molecule has 318 valence electrons. The summed E-state index contributed by atoms with van der Waals surface area (Å²) in [6.45, 7) is 0. The van der Waals surface area contributed by atoms with Gasteiger partial charge in [0.25, 0.3) is 0 Å². The lowest BCUT2D eigenvalue weighted by atomic mass is 10.1. The molecule has 8 heteroatoms. The van der Waals surface area contributed by atoms with E-state index in [-0.39, 0.29) is 28.5 Å². The van der Waals surface area contributed by atoms with E-state index in [9.17, 15) is 0 Å². The second-order valence-electron chi connectivity index (χ2n) is 15.3. The highest BCUT2D eigenvalue weighted by molar-refractivity contribution is 6.19. The van der Waals surface area contributed by atoms with E-state index in [0.717, 1.165) is 38.3 Å². The van der Waals surface area contributed by atoms with Crippen molar-refractivity contribution in [1.82, 2.24) is 39.0 Å². The molecule has 0 fully saturated rings. The van der Waals surface area contributed by atoms with Crippen molar-refractivity contribution in [3.63, 3.8) is 0 Å². The molecule has 0 aliphatic carbocycles. The maximum Gasteiger partial charge on any atom is 0.166 e. The van der Waals surface area contributed by atoms with Crippen LogP contribution in [0, 0.1) is 0 Å². The summed E-state index contributed by atoms with van der Waals surface area (Å²) < 4.78 is 179. The Hall–Kier alpha value is -9.40. The molecule has 0 bridgehead atoms. The Kier molecular flexibility index (Phi) is 5.66. The third-order valence-electron chi connectivity index (χ3n) is 11.4. The SMILES string of the molecule is [2H]c1c([2H])c([2H])c(-c2nc(-c3ccc(-n4c5ccccc5c5cc6c7ccccc7n(-c7ccccc7)c6cc54)c(-c4nc(-c5c([2H])c([2H])c([2H])c([2H])c5[2H])nc(-c5c([2H])c([2H])c([2H])c([2H])c5[2H])n4)c3)nc(-c3c([2H])c([2H])c([2H])c([2H])c3[2H])n2)c([2H])c1[2H]. The van der Waals surface area contributed by atoms with Crippen LogP contribution in [0.15, 0.2) is 230 Å². The lowest BCUT2D eigenvalue weighted by Gasteiger charge is -2.16. The molecular formula is C60H38N8. The predicted molar refractivity (Wildman–Crippen MR) is 275 cm³/mol. The second-order valence-corrected chi connectivity index (χ2v) is 15.3. The van der Waals surface area contributed by atoms with Gasteiger partial charge in [-0.05, 0) is 54.6 Å². The van der Waals surface area contributed by atoms with Crippen LogP contribution >= 0.6 is 0 Å². The molecule has 0 aliphatic heterocycles. The Morgan fingerprint density at radius 2 is 0.691 bits per heavy atom. The number of hydrogen-bond donors (Lipinski definition) is 0. The van der Waals surface area contributed by atoms with E-state index >= 15 is 0 Å². The van der Waals surface area contributed by atoms with Crippen LogP contribution in [0.5, 0.6) is 0 Å². The van der Waals surface area contributed by atoms with Gasteiger partial charge < -0.3 is 9.13 Å². The molecule has 0 saturated carbocycles. The van der Waals surface area contributed by atoms with E-state index in [1.165, 1.54) is 6.07 Å². The minimum absolute atomic E-state index is 0.00937. The van der Waals surface area contributed by atoms with Gasteiger partial charge in [0.05, 0.1) is 55.2 Å². The number of hydrogen-bond acceptors (Lipinski definition) is 6. The summed E-state index contributed by atoms with van der Waals surface area (Å²) >= 11 is 0. The Morgan fingerprint density at radius 3 is 1.18 bits per heavy atom. The molecule has 9 aromatic carbocycles. The monoisotopic (exact) mass is 890 g/mol. The maximum absolute atomic E-state index is 9.11. The van der Waals surface area contributed by atoms with Gasteiger partial charge in [0.1, 0.15) is 0 Å². The Bertz CT molecular complexity index is 4950. The fraction of sp³-hybridized carbons (Fsp3) is 0. The fourth-order valence-corrected chi connectivity index (χ4v) is 8.49. The van der Waals surface area contributed by atoms with E-state index in [4.69, 9.17) is 37.4 Å². The van der Waals surface area contributed by atoms with Crippen LogP contribution in [0.25, 0.3) is 123 Å². The summed E-state index contributed by atoms with van der Waals surface area (Å²) in [6.07, 6.45) is 0. The van der Waals surface area contributed by atoms with Crippen LogP contribution in [0.4, 0.5) is 0 Å². The fourth-order valence-electron chi connectivity index (χ4n) is 8.49. The smallest absolute Gasteiger partial charge is 0.166 e. The van der Waals surface area contributed by atoms with Crippen molar-refractivity contribution in [1.29, 1.82) is 0 Å². The van der Waals surface area contributed by atoms with E-state index in [1.54, 1.807) is 12.1 Å². The number of benzene rings is 9. The molecule has 0 atom stereocenters. The average molecular weight is 891 g/mol. The summed E-state index contributed by atoms with van der Waals surface area (Å²) in [7, 11) is 0. The topological polar surface area (TPSA) is 87.2 Å². The number of aromatic nitrogens is 8. The highest BCUT2D eigenvalue weighted by atomic mass is 15.1. The largest absolute Gasteiger partial charge is 0.309 e. The minimum atomic E-state index is -0.769. The number of nitrogens with zero attached hydrogens (tertiary/aromatic N) is 8. The number of fused-ring (bicyclic) bond motifs is 6. The molecule has 8 nitrogen and oxygen atoms in total. The predicted octanol–water partition coefficient (Wildman–Crippen LogP) is 14.3. The molecular weight excluding hydrogens is 833 g/mol. The van der Waals surface area contributed by atoms with Gasteiger partial charge in [-0.25, -0.2) is 29.9 Å². The van der Waals surface area contributed by atoms with Crippen molar-refractivity contribution in [3.05, 3.63) is 230 Å². The summed E-state index contributed by atoms with van der Waals surface area (Å²) in [4.78, 5) is 28.1. The van der Waals surface area contributed by atoms with Crippen molar-refractivity contribution >= 4 is 43.6 Å². The minimum Gasteiger partial charge on any atom is -0.309 e. The third kappa shape index (κ3) is 6.70. The molecule has 0 spiro atoms. The first-order valence-electron chi connectivity index (χ1n) is 31.0. The van der Waals surface area contributed by atoms with Gasteiger partial charge in [-0.3, -0.25) is 0 Å². The zero-order valence-corrected chi connectivity index (χ0v) is 35.0. The summed E-state index contributed by atoms with van der Waals surface area (Å²) in [6, 6.07) is 18.8. The first-order valence-corrected chi connectivity index (χ1v) is 21.0. The summed E-state index contributed by atoms with van der Waals surface area (Å²) in [5.74, 6) is -3.05. The average Bonchev–Trinajstić information content (AvgIpc) is 1.59. The van der Waals surface area contributed by atoms with Crippen molar-refractivity contribution in [2.24, 2.45) is 0 Å². The first-order chi connectivity index (χ1) is 42.0. The quantitative estimate of drug-likeness (QED) is 0.151. The second kappa shape index (κ2) is 16.2. The first kappa shape index (κ1) is 23.7. The Labute approximate surface area is 419 Å². The van der Waals surface area contributed by atoms with Crippen molar-refractivity contribution in [2.45, 2.75) is 0 Å². The highest BCUT2D eigenvalue weighted by Gasteiger charge is 2.23. The van der Waals surface area contributed by atoms with E-state index < -0.39 is 166 Å². The van der Waals surface area contributed by atoms with Crippen LogP contribution in [-0.4, -0.2) is 39.0 Å². The third-order valence-corrected chi connectivity index (χ3v) is 11.4. The van der Waals surface area contributed by atoms with Crippen molar-refractivity contribution in [2.75, 3.05) is 0 Å². The van der Waals surface area contributed by atoms with Gasteiger partial charge in [-0.1, -0.05) is 175 Å². The molecule has 4 aromatic heterocycles. The van der Waals surface area contributed by atoms with Crippen LogP contribution < -0.4 is 0 Å². The van der Waals surface area contributed by atoms with Crippen LogP contribution in [0.3, 0.4) is 0 Å². The summed E-state index contributed by atoms with van der Waals surface area (Å²) in [5, 5.41) is 3.41. The lowest BCUT2D eigenvalue weighted by Crippen LogP contribution is -2.05. The molecule has 0 saturated heterocycles. The van der Waals surface area contributed by atoms with Gasteiger partial charge in [0.15, 0.2) is 34.9 Å². The zero-order chi connectivity index (χ0) is 62.4. The van der Waals surface area contributed by atoms with Gasteiger partial charge in [0.2, 0.25) is 0 Å². The molecule has 0 amide bonds. The molecule has 13 aromatic rings.